The van der Waals surface area contributed by atoms with Gasteiger partial charge in [-0.05, 0) is 6.42 Å². The van der Waals surface area contributed by atoms with E-state index >= 15 is 0 Å². The molecule has 0 fully saturated rings. The lowest BCUT2D eigenvalue weighted by Gasteiger charge is -2.08. The van der Waals surface area contributed by atoms with Gasteiger partial charge in [0.25, 0.3) is 5.91 Å². The van der Waals surface area contributed by atoms with Crippen molar-refractivity contribution in [2.75, 3.05) is 6.54 Å². The largest absolute Gasteiger partial charge is 0.352 e. The fraction of sp³-hybridized carbons (Fsp3) is 0.214. The van der Waals surface area contributed by atoms with Crippen molar-refractivity contribution in [3.8, 4) is 11.3 Å². The van der Waals surface area contributed by atoms with E-state index in [4.69, 9.17) is 0 Å². The van der Waals surface area contributed by atoms with E-state index in [0.717, 1.165) is 12.0 Å². The van der Waals surface area contributed by atoms with Crippen LogP contribution >= 0.6 is 0 Å². The molecule has 0 radical (unpaired) electrons. The predicted octanol–water partition coefficient (Wildman–Crippen LogP) is 2.28. The van der Waals surface area contributed by atoms with Crippen molar-refractivity contribution in [2.45, 2.75) is 13.3 Å². The molecule has 0 spiro atoms. The maximum atomic E-state index is 12.0. The van der Waals surface area contributed by atoms with E-state index in [1.807, 2.05) is 37.3 Å². The number of amides is 1. The summed E-state index contributed by atoms with van der Waals surface area (Å²) in [6, 6.07) is 9.63. The lowest BCUT2D eigenvalue weighted by Crippen LogP contribution is -2.25. The maximum Gasteiger partial charge on any atom is 0.255 e. The molecule has 0 aliphatic rings. The zero-order valence-corrected chi connectivity index (χ0v) is 10.3. The average Bonchev–Trinajstić information content (AvgIpc) is 2.45. The molecule has 4 heteroatoms. The molecule has 1 aromatic carbocycles. The summed E-state index contributed by atoms with van der Waals surface area (Å²) in [7, 11) is 0. The topological polar surface area (TPSA) is 54.9 Å². The Labute approximate surface area is 106 Å². The molecule has 2 aromatic rings. The monoisotopic (exact) mass is 241 g/mol. The summed E-state index contributed by atoms with van der Waals surface area (Å²) in [5, 5.41) is 2.84. The van der Waals surface area contributed by atoms with E-state index < -0.39 is 0 Å². The molecule has 0 bridgehead atoms. The third-order valence-corrected chi connectivity index (χ3v) is 2.54. The molecule has 4 nitrogen and oxygen atoms in total. The van der Waals surface area contributed by atoms with Crippen molar-refractivity contribution in [2.24, 2.45) is 0 Å². The number of aromatic nitrogens is 2. The summed E-state index contributed by atoms with van der Waals surface area (Å²) < 4.78 is 0. The van der Waals surface area contributed by atoms with Crippen molar-refractivity contribution in [1.82, 2.24) is 15.3 Å². The van der Waals surface area contributed by atoms with Gasteiger partial charge in [0.05, 0.1) is 11.3 Å². The second-order valence-electron chi connectivity index (χ2n) is 3.91. The first kappa shape index (κ1) is 12.2. The molecule has 0 saturated heterocycles. The van der Waals surface area contributed by atoms with E-state index in [1.165, 1.54) is 6.33 Å². The highest BCUT2D eigenvalue weighted by Gasteiger charge is 2.13. The van der Waals surface area contributed by atoms with E-state index in [2.05, 4.69) is 15.3 Å². The lowest BCUT2D eigenvalue weighted by molar-refractivity contribution is 0.0953. The van der Waals surface area contributed by atoms with Crippen LogP contribution in [-0.4, -0.2) is 22.4 Å². The second-order valence-corrected chi connectivity index (χ2v) is 3.91. The molecular weight excluding hydrogens is 226 g/mol. The summed E-state index contributed by atoms with van der Waals surface area (Å²) in [5.41, 5.74) is 2.10. The molecule has 0 aliphatic carbocycles. The number of hydrogen-bond donors (Lipinski definition) is 1. The summed E-state index contributed by atoms with van der Waals surface area (Å²) in [5.74, 6) is -0.128. The zero-order chi connectivity index (χ0) is 12.8. The normalized spacial score (nSPS) is 10.1. The summed E-state index contributed by atoms with van der Waals surface area (Å²) in [4.78, 5) is 20.1. The molecule has 2 rings (SSSR count). The Morgan fingerprint density at radius 3 is 2.78 bits per heavy atom. The molecule has 0 atom stereocenters. The highest BCUT2D eigenvalue weighted by Crippen LogP contribution is 2.19. The van der Waals surface area contributed by atoms with Gasteiger partial charge < -0.3 is 5.32 Å². The molecule has 0 unspecified atom stereocenters. The van der Waals surface area contributed by atoms with Crippen molar-refractivity contribution in [3.63, 3.8) is 0 Å². The Morgan fingerprint density at radius 2 is 2.06 bits per heavy atom. The van der Waals surface area contributed by atoms with Gasteiger partial charge >= 0.3 is 0 Å². The average molecular weight is 241 g/mol. The number of rotatable bonds is 4. The number of benzene rings is 1. The molecule has 1 heterocycles. The van der Waals surface area contributed by atoms with Gasteiger partial charge in [-0.3, -0.25) is 4.79 Å². The van der Waals surface area contributed by atoms with Crippen LogP contribution in [-0.2, 0) is 0 Å². The molecule has 92 valence electrons. The predicted molar refractivity (Wildman–Crippen MR) is 70.1 cm³/mol. The van der Waals surface area contributed by atoms with Crippen LogP contribution in [0.2, 0.25) is 0 Å². The maximum absolute atomic E-state index is 12.0. The molecular formula is C14H15N3O. The van der Waals surface area contributed by atoms with E-state index in [1.54, 1.807) is 6.20 Å². The van der Waals surface area contributed by atoms with E-state index in [0.29, 0.717) is 17.8 Å². The van der Waals surface area contributed by atoms with Gasteiger partial charge in [-0.2, -0.15) is 0 Å². The minimum atomic E-state index is -0.128. The molecule has 1 N–H and O–H groups in total. The van der Waals surface area contributed by atoms with Crippen LogP contribution in [0.15, 0.2) is 42.9 Å². The Hall–Kier alpha value is -2.23. The number of nitrogens with one attached hydrogen (secondary N) is 1. The summed E-state index contributed by atoms with van der Waals surface area (Å²) >= 11 is 0. The molecule has 1 amide bonds. The van der Waals surface area contributed by atoms with Crippen LogP contribution in [0, 0.1) is 0 Å². The smallest absolute Gasteiger partial charge is 0.255 e. The van der Waals surface area contributed by atoms with Crippen LogP contribution in [0.4, 0.5) is 0 Å². The van der Waals surface area contributed by atoms with Gasteiger partial charge in [0.2, 0.25) is 0 Å². The third-order valence-electron chi connectivity index (χ3n) is 2.54. The lowest BCUT2D eigenvalue weighted by atomic mass is 10.1. The fourth-order valence-electron chi connectivity index (χ4n) is 1.66. The second kappa shape index (κ2) is 5.91. The first-order chi connectivity index (χ1) is 8.83. The van der Waals surface area contributed by atoms with Gasteiger partial charge in [0.1, 0.15) is 6.33 Å². The van der Waals surface area contributed by atoms with Crippen molar-refractivity contribution < 1.29 is 4.79 Å². The Bertz CT molecular complexity index is 526. The minimum Gasteiger partial charge on any atom is -0.352 e. The zero-order valence-electron chi connectivity index (χ0n) is 10.3. The van der Waals surface area contributed by atoms with Crippen LogP contribution in [0.3, 0.4) is 0 Å². The number of carbonyl (C=O) groups excluding carboxylic acids is 1. The van der Waals surface area contributed by atoms with Crippen molar-refractivity contribution in [1.29, 1.82) is 0 Å². The third kappa shape index (κ3) is 2.71. The van der Waals surface area contributed by atoms with Crippen LogP contribution in [0.25, 0.3) is 11.3 Å². The van der Waals surface area contributed by atoms with E-state index in [9.17, 15) is 4.79 Å². The fourth-order valence-corrected chi connectivity index (χ4v) is 1.66. The number of nitrogens with zero attached hydrogens (tertiary/aromatic N) is 2. The molecule has 0 aliphatic heterocycles. The summed E-state index contributed by atoms with van der Waals surface area (Å²) in [6.45, 7) is 2.67. The standard InChI is InChI=1S/C14H15N3O/c1-2-8-16-14(18)12-9-15-10-17-13(12)11-6-4-3-5-7-11/h3-7,9-10H,2,8H2,1H3,(H,16,18). The van der Waals surface area contributed by atoms with Crippen LogP contribution < -0.4 is 5.32 Å². The Morgan fingerprint density at radius 1 is 1.28 bits per heavy atom. The SMILES string of the molecule is CCCNC(=O)c1cncnc1-c1ccccc1. The van der Waals surface area contributed by atoms with Crippen LogP contribution in [0.5, 0.6) is 0 Å². The quantitative estimate of drug-likeness (QED) is 0.893. The number of hydrogen-bond acceptors (Lipinski definition) is 3. The van der Waals surface area contributed by atoms with Crippen LogP contribution in [0.1, 0.15) is 23.7 Å². The minimum absolute atomic E-state index is 0.128. The van der Waals surface area contributed by atoms with Gasteiger partial charge in [-0.1, -0.05) is 37.3 Å². The Balaban J connectivity index is 2.34. The summed E-state index contributed by atoms with van der Waals surface area (Å²) in [6.07, 6.45) is 3.92. The molecule has 0 saturated carbocycles. The van der Waals surface area contributed by atoms with Gasteiger partial charge in [0.15, 0.2) is 0 Å². The Kier molecular flexibility index (Phi) is 4.02. The highest BCUT2D eigenvalue weighted by atomic mass is 16.1. The van der Waals surface area contributed by atoms with Crippen molar-refractivity contribution >= 4 is 5.91 Å². The molecule has 18 heavy (non-hydrogen) atoms. The van der Waals surface area contributed by atoms with Gasteiger partial charge in [0, 0.05) is 18.3 Å². The van der Waals surface area contributed by atoms with E-state index in [-0.39, 0.29) is 5.91 Å². The number of carbonyl (C=O) groups is 1. The first-order valence-corrected chi connectivity index (χ1v) is 5.96. The highest BCUT2D eigenvalue weighted by molar-refractivity contribution is 5.99. The van der Waals surface area contributed by atoms with Gasteiger partial charge in [-0.15, -0.1) is 0 Å². The van der Waals surface area contributed by atoms with Gasteiger partial charge in [-0.25, -0.2) is 9.97 Å². The van der Waals surface area contributed by atoms with Crippen molar-refractivity contribution in [3.05, 3.63) is 48.4 Å². The first-order valence-electron chi connectivity index (χ1n) is 5.96. The molecule has 1 aromatic heterocycles.